The zero-order valence-electron chi connectivity index (χ0n) is 8.58. The number of hydrazone groups is 1. The van der Waals surface area contributed by atoms with E-state index in [0.717, 1.165) is 18.4 Å². The number of rotatable bonds is 4. The molecule has 0 aliphatic carbocycles. The second kappa shape index (κ2) is 5.21. The number of nitrogens with zero attached hydrogens (tertiary/aromatic N) is 2. The summed E-state index contributed by atoms with van der Waals surface area (Å²) in [7, 11) is 0. The average molecular weight is 193 g/mol. The molecule has 1 heterocycles. The maximum absolute atomic E-state index is 5.18. The number of hydrogen-bond acceptors (Lipinski definition) is 4. The summed E-state index contributed by atoms with van der Waals surface area (Å²) in [6.45, 7) is 7.59. The van der Waals surface area contributed by atoms with Crippen molar-refractivity contribution in [2.45, 2.75) is 26.7 Å². The predicted octanol–water partition coefficient (Wildman–Crippen LogP) is 2.17. The number of unbranched alkanes of at least 4 members (excludes halogenated alkanes) is 1. The molecule has 0 amide bonds. The van der Waals surface area contributed by atoms with E-state index in [9.17, 15) is 0 Å². The van der Waals surface area contributed by atoms with E-state index in [1.165, 1.54) is 0 Å². The molecule has 0 bridgehead atoms. The monoisotopic (exact) mass is 193 g/mol. The molecule has 0 spiro atoms. The predicted molar refractivity (Wildman–Crippen MR) is 58.0 cm³/mol. The minimum atomic E-state index is 0.449. The van der Waals surface area contributed by atoms with Crippen LogP contribution in [0.15, 0.2) is 34.3 Å². The van der Waals surface area contributed by atoms with Crippen LogP contribution in [0.2, 0.25) is 0 Å². The fourth-order valence-electron chi connectivity index (χ4n) is 0.867. The summed E-state index contributed by atoms with van der Waals surface area (Å²) in [6.07, 6.45) is 5.70. The molecule has 0 aromatic rings. The molecule has 0 radical (unpaired) electrons. The van der Waals surface area contributed by atoms with Crippen LogP contribution in [-0.4, -0.2) is 12.1 Å². The summed E-state index contributed by atoms with van der Waals surface area (Å²) in [5.74, 6) is 0.980. The summed E-state index contributed by atoms with van der Waals surface area (Å²) < 4.78 is 5.18. The number of hydrogen-bond donors (Lipinski definition) is 1. The maximum Gasteiger partial charge on any atom is 0.242 e. The molecule has 0 aromatic carbocycles. The summed E-state index contributed by atoms with van der Waals surface area (Å²) in [5, 5.41) is 3.92. The van der Waals surface area contributed by atoms with Crippen LogP contribution >= 0.6 is 0 Å². The fourth-order valence-corrected chi connectivity index (χ4v) is 0.867. The fraction of sp³-hybridized carbons (Fsp3) is 0.400. The van der Waals surface area contributed by atoms with E-state index in [-0.39, 0.29) is 0 Å². The van der Waals surface area contributed by atoms with Gasteiger partial charge in [-0.3, -0.25) is 4.99 Å². The molecule has 4 heteroatoms. The minimum absolute atomic E-state index is 0.449. The van der Waals surface area contributed by atoms with Gasteiger partial charge in [-0.2, -0.15) is 0 Å². The maximum atomic E-state index is 5.18. The summed E-state index contributed by atoms with van der Waals surface area (Å²) in [6, 6.07) is 0. The van der Waals surface area contributed by atoms with E-state index in [2.05, 4.69) is 29.0 Å². The molecule has 0 unspecified atom stereocenters. The van der Waals surface area contributed by atoms with Crippen LogP contribution in [0.4, 0.5) is 0 Å². The molecular formula is C10H15N3O. The third-order valence-corrected chi connectivity index (χ3v) is 1.63. The molecule has 0 aromatic heterocycles. The van der Waals surface area contributed by atoms with E-state index >= 15 is 0 Å². The lowest BCUT2D eigenvalue weighted by atomic mass is 10.3. The van der Waals surface area contributed by atoms with Gasteiger partial charge < -0.3 is 4.74 Å². The first kappa shape index (κ1) is 10.5. The zero-order chi connectivity index (χ0) is 10.4. The van der Waals surface area contributed by atoms with Crippen LogP contribution in [0, 0.1) is 0 Å². The van der Waals surface area contributed by atoms with Crippen LogP contribution in [-0.2, 0) is 4.74 Å². The Hall–Kier alpha value is -1.58. The van der Waals surface area contributed by atoms with E-state index in [0.29, 0.717) is 11.8 Å². The smallest absolute Gasteiger partial charge is 0.242 e. The highest BCUT2D eigenvalue weighted by Crippen LogP contribution is 2.07. The Balaban J connectivity index is 2.48. The van der Waals surface area contributed by atoms with Crippen LogP contribution in [0.3, 0.4) is 0 Å². The quantitative estimate of drug-likeness (QED) is 0.695. The third kappa shape index (κ3) is 3.05. The van der Waals surface area contributed by atoms with E-state index < -0.39 is 0 Å². The molecule has 0 atom stereocenters. The molecule has 1 rings (SSSR count). The molecular weight excluding hydrogens is 178 g/mol. The van der Waals surface area contributed by atoms with Gasteiger partial charge in [0.15, 0.2) is 0 Å². The Kier molecular flexibility index (Phi) is 3.91. The molecule has 1 N–H and O–H groups in total. The van der Waals surface area contributed by atoms with Gasteiger partial charge >= 0.3 is 0 Å². The van der Waals surface area contributed by atoms with Crippen LogP contribution < -0.4 is 5.43 Å². The van der Waals surface area contributed by atoms with E-state index in [1.807, 2.05) is 13.1 Å². The number of aliphatic imine (C=N–C) groups is 1. The van der Waals surface area contributed by atoms with Crippen molar-refractivity contribution in [3.05, 3.63) is 24.2 Å². The van der Waals surface area contributed by atoms with Gasteiger partial charge in [-0.05, 0) is 19.9 Å². The van der Waals surface area contributed by atoms with Gasteiger partial charge in [-0.15, -0.1) is 5.10 Å². The van der Waals surface area contributed by atoms with Crippen molar-refractivity contribution >= 4 is 12.1 Å². The highest BCUT2D eigenvalue weighted by molar-refractivity contribution is 5.94. The van der Waals surface area contributed by atoms with Gasteiger partial charge in [0, 0.05) is 18.0 Å². The molecule has 0 saturated carbocycles. The normalized spacial score (nSPS) is 16.9. The minimum Gasteiger partial charge on any atom is -0.420 e. The lowest BCUT2D eigenvalue weighted by Crippen LogP contribution is -1.99. The van der Waals surface area contributed by atoms with Gasteiger partial charge in [0.25, 0.3) is 0 Å². The van der Waals surface area contributed by atoms with Crippen molar-refractivity contribution in [1.82, 2.24) is 5.43 Å². The molecule has 4 nitrogen and oxygen atoms in total. The second-order valence-electron chi connectivity index (χ2n) is 2.99. The van der Waals surface area contributed by atoms with Gasteiger partial charge in [0.05, 0.1) is 0 Å². The summed E-state index contributed by atoms with van der Waals surface area (Å²) in [4.78, 5) is 4.13. The molecule has 0 fully saturated rings. The first-order chi connectivity index (χ1) is 6.74. The average Bonchev–Trinajstić information content (AvgIpc) is 2.59. The Bertz CT molecular complexity index is 302. The van der Waals surface area contributed by atoms with Gasteiger partial charge in [0.1, 0.15) is 0 Å². The van der Waals surface area contributed by atoms with Crippen molar-refractivity contribution in [2.75, 3.05) is 0 Å². The lowest BCUT2D eigenvalue weighted by molar-refractivity contribution is 0.419. The Labute approximate surface area is 84.1 Å². The zero-order valence-corrected chi connectivity index (χ0v) is 8.58. The lowest BCUT2D eigenvalue weighted by Gasteiger charge is -1.97. The first-order valence-corrected chi connectivity index (χ1v) is 4.63. The Morgan fingerprint density at radius 2 is 2.50 bits per heavy atom. The topological polar surface area (TPSA) is 46.0 Å². The van der Waals surface area contributed by atoms with E-state index in [4.69, 9.17) is 4.74 Å². The molecule has 14 heavy (non-hydrogen) atoms. The highest BCUT2D eigenvalue weighted by atomic mass is 16.5. The SMILES string of the molecule is C=C1NN=C(/C(C)=C/N=CCCC)O1. The van der Waals surface area contributed by atoms with Gasteiger partial charge in [-0.1, -0.05) is 13.3 Å². The van der Waals surface area contributed by atoms with Crippen LogP contribution in [0.1, 0.15) is 26.7 Å². The van der Waals surface area contributed by atoms with Gasteiger partial charge in [-0.25, -0.2) is 5.43 Å². The molecule has 76 valence electrons. The van der Waals surface area contributed by atoms with Crippen LogP contribution in [0.5, 0.6) is 0 Å². The highest BCUT2D eigenvalue weighted by Gasteiger charge is 2.11. The number of ether oxygens (including phenoxy) is 1. The van der Waals surface area contributed by atoms with Crippen molar-refractivity contribution in [3.63, 3.8) is 0 Å². The van der Waals surface area contributed by atoms with E-state index in [1.54, 1.807) is 6.20 Å². The molecule has 1 aliphatic rings. The van der Waals surface area contributed by atoms with Crippen molar-refractivity contribution in [2.24, 2.45) is 10.1 Å². The summed E-state index contributed by atoms with van der Waals surface area (Å²) in [5.41, 5.74) is 3.51. The Morgan fingerprint density at radius 3 is 3.07 bits per heavy atom. The third-order valence-electron chi connectivity index (χ3n) is 1.63. The first-order valence-electron chi connectivity index (χ1n) is 4.63. The van der Waals surface area contributed by atoms with Crippen molar-refractivity contribution < 1.29 is 4.74 Å². The molecule has 1 aliphatic heterocycles. The van der Waals surface area contributed by atoms with Crippen LogP contribution in [0.25, 0.3) is 0 Å². The standard InChI is InChI=1S/C10H15N3O/c1-4-5-6-11-7-8(2)10-13-12-9(3)14-10/h6-7,12H,3-5H2,1-2H3/b8-7+,11-6?. The summed E-state index contributed by atoms with van der Waals surface area (Å²) >= 11 is 0. The largest absolute Gasteiger partial charge is 0.420 e. The second-order valence-corrected chi connectivity index (χ2v) is 2.99. The number of nitrogens with one attached hydrogen (secondary N) is 1. The van der Waals surface area contributed by atoms with Crippen molar-refractivity contribution in [3.8, 4) is 0 Å². The van der Waals surface area contributed by atoms with Crippen molar-refractivity contribution in [1.29, 1.82) is 0 Å². The Morgan fingerprint density at radius 1 is 1.71 bits per heavy atom. The van der Waals surface area contributed by atoms with Gasteiger partial charge in [0.2, 0.25) is 11.8 Å². The molecule has 0 saturated heterocycles.